The summed E-state index contributed by atoms with van der Waals surface area (Å²) in [7, 11) is 0.0619. The Morgan fingerprint density at radius 2 is 1.77 bits per heavy atom. The average Bonchev–Trinajstić information content (AvgIpc) is 2.40. The van der Waals surface area contributed by atoms with Crippen molar-refractivity contribution in [2.75, 3.05) is 0 Å². The number of rotatable bonds is 5. The first-order chi connectivity index (χ1) is 9.97. The van der Waals surface area contributed by atoms with Crippen LogP contribution in [0.1, 0.15) is 29.8 Å². The summed E-state index contributed by atoms with van der Waals surface area (Å²) in [5.74, 6) is 0.819. The van der Waals surface area contributed by atoms with Crippen molar-refractivity contribution in [3.05, 3.63) is 58.6 Å². The molecule has 0 aliphatic rings. The largest absolute Gasteiger partial charge is 0.491 e. The molecule has 1 atom stereocenters. The molecule has 0 aliphatic carbocycles. The molecule has 0 heterocycles. The third kappa shape index (κ3) is 5.15. The fourth-order valence-electron chi connectivity index (χ4n) is 2.00. The van der Waals surface area contributed by atoms with Crippen LogP contribution in [0.4, 0.5) is 0 Å². The van der Waals surface area contributed by atoms with Crippen LogP contribution in [0.5, 0.6) is 5.75 Å². The number of hydrogen-bond acceptors (Lipinski definition) is 2. The van der Waals surface area contributed by atoms with Gasteiger partial charge in [0.05, 0.1) is 11.1 Å². The van der Waals surface area contributed by atoms with Crippen molar-refractivity contribution in [3.63, 3.8) is 0 Å². The third-order valence-corrected chi connectivity index (χ3v) is 4.35. The van der Waals surface area contributed by atoms with Gasteiger partial charge in [-0.2, -0.15) is 0 Å². The minimum Gasteiger partial charge on any atom is -0.491 e. The van der Waals surface area contributed by atoms with Crippen molar-refractivity contribution >= 4 is 49.9 Å². The fraction of sp³-hybridized carbons (Fsp3) is 0.235. The molecule has 2 rings (SSSR count). The molecule has 0 saturated carbocycles. The molecule has 2 aromatic carbocycles. The number of ether oxygens (including phenoxy) is 1. The molecular weight excluding hydrogens is 310 g/mol. The van der Waals surface area contributed by atoms with Crippen LogP contribution in [0.2, 0.25) is 5.02 Å². The first kappa shape index (κ1) is 19.3. The van der Waals surface area contributed by atoms with Gasteiger partial charge < -0.3 is 4.74 Å². The molecule has 2 aromatic rings. The standard InChI is InChI=1S/C17H18ClO2P.Li/c1-11(2)20-13-7-9-14(10-8-13)21-17(19)16-12(3)5-4-6-15(16)18;/h4-11,21H,1-3H3;. The SMILES string of the molecule is Cc1cccc(Cl)c1C(=O)Pc1ccc(OC(C)C)cc1.[Li]. The second-order valence-corrected chi connectivity index (χ2v) is 6.77. The van der Waals surface area contributed by atoms with E-state index in [0.29, 0.717) is 10.6 Å². The third-order valence-electron chi connectivity index (χ3n) is 2.93. The Hall–Kier alpha value is -0.773. The minimum absolute atomic E-state index is 0. The summed E-state index contributed by atoms with van der Waals surface area (Å²) in [6, 6.07) is 13.2. The minimum atomic E-state index is 0. The van der Waals surface area contributed by atoms with E-state index in [1.165, 1.54) is 0 Å². The Bertz CT molecular complexity index is 621. The molecule has 2 nitrogen and oxygen atoms in total. The second-order valence-electron chi connectivity index (χ2n) is 5.08. The van der Waals surface area contributed by atoms with E-state index in [2.05, 4.69) is 0 Å². The zero-order chi connectivity index (χ0) is 15.4. The Kier molecular flexibility index (Phi) is 7.67. The van der Waals surface area contributed by atoms with Gasteiger partial charge in [0, 0.05) is 24.4 Å². The Morgan fingerprint density at radius 1 is 1.14 bits per heavy atom. The van der Waals surface area contributed by atoms with Crippen molar-refractivity contribution in [3.8, 4) is 5.75 Å². The van der Waals surface area contributed by atoms with Crippen LogP contribution >= 0.6 is 20.2 Å². The predicted molar refractivity (Wildman–Crippen MR) is 96.4 cm³/mol. The molecule has 0 fully saturated rings. The van der Waals surface area contributed by atoms with Crippen molar-refractivity contribution in [2.24, 2.45) is 0 Å². The van der Waals surface area contributed by atoms with Gasteiger partial charge in [0.15, 0.2) is 5.52 Å². The van der Waals surface area contributed by atoms with Crippen LogP contribution in [0.3, 0.4) is 0 Å². The molecule has 1 unspecified atom stereocenters. The molecule has 0 saturated heterocycles. The molecule has 111 valence electrons. The molecule has 0 aliphatic heterocycles. The molecule has 1 radical (unpaired) electrons. The molecule has 22 heavy (non-hydrogen) atoms. The number of hydrogen-bond donors (Lipinski definition) is 0. The van der Waals surface area contributed by atoms with Crippen LogP contribution < -0.4 is 10.0 Å². The molecular formula is C17H18ClLiO2P. The number of halogens is 1. The van der Waals surface area contributed by atoms with Gasteiger partial charge in [-0.25, -0.2) is 0 Å². The molecule has 0 aromatic heterocycles. The van der Waals surface area contributed by atoms with Gasteiger partial charge in [-0.15, -0.1) is 0 Å². The van der Waals surface area contributed by atoms with Gasteiger partial charge in [-0.3, -0.25) is 4.79 Å². The zero-order valence-corrected chi connectivity index (χ0v) is 15.1. The summed E-state index contributed by atoms with van der Waals surface area (Å²) in [6.45, 7) is 5.88. The Balaban J connectivity index is 0.00000242. The number of carbonyl (C=O) groups is 1. The van der Waals surface area contributed by atoms with Gasteiger partial charge in [-0.05, 0) is 58.4 Å². The van der Waals surface area contributed by atoms with Crippen LogP contribution in [-0.2, 0) is 0 Å². The average molecular weight is 328 g/mol. The van der Waals surface area contributed by atoms with Crippen molar-refractivity contribution in [1.82, 2.24) is 0 Å². The normalized spacial score (nSPS) is 10.8. The summed E-state index contributed by atoms with van der Waals surface area (Å²) in [5.41, 5.74) is 1.61. The van der Waals surface area contributed by atoms with Gasteiger partial charge in [0.25, 0.3) is 0 Å². The maximum absolute atomic E-state index is 12.4. The van der Waals surface area contributed by atoms with Crippen LogP contribution in [0.25, 0.3) is 0 Å². The molecule has 0 bridgehead atoms. The first-order valence-electron chi connectivity index (χ1n) is 6.80. The van der Waals surface area contributed by atoms with Gasteiger partial charge in [-0.1, -0.05) is 35.9 Å². The maximum Gasteiger partial charge on any atom is 0.187 e. The second kappa shape index (κ2) is 8.75. The zero-order valence-electron chi connectivity index (χ0n) is 13.3. The Labute approximate surface area is 150 Å². The summed E-state index contributed by atoms with van der Waals surface area (Å²) in [5, 5.41) is 1.50. The van der Waals surface area contributed by atoms with E-state index < -0.39 is 0 Å². The van der Waals surface area contributed by atoms with Crippen LogP contribution in [-0.4, -0.2) is 30.5 Å². The van der Waals surface area contributed by atoms with Gasteiger partial charge in [0.1, 0.15) is 5.75 Å². The molecule has 0 amide bonds. The molecule has 5 heteroatoms. The number of benzene rings is 2. The van der Waals surface area contributed by atoms with E-state index in [4.69, 9.17) is 16.3 Å². The number of carbonyl (C=O) groups excluding carboxylic acids is 1. The van der Waals surface area contributed by atoms with E-state index in [1.807, 2.05) is 57.2 Å². The summed E-state index contributed by atoms with van der Waals surface area (Å²) >= 11 is 6.14. The van der Waals surface area contributed by atoms with E-state index in [1.54, 1.807) is 6.07 Å². The predicted octanol–water partition coefficient (Wildman–Crippen LogP) is 4.20. The van der Waals surface area contributed by atoms with E-state index >= 15 is 0 Å². The van der Waals surface area contributed by atoms with Gasteiger partial charge in [0.2, 0.25) is 0 Å². The summed E-state index contributed by atoms with van der Waals surface area (Å²) < 4.78 is 5.59. The smallest absolute Gasteiger partial charge is 0.187 e. The van der Waals surface area contributed by atoms with Crippen molar-refractivity contribution in [2.45, 2.75) is 26.9 Å². The molecule has 0 N–H and O–H groups in total. The maximum atomic E-state index is 12.4. The van der Waals surface area contributed by atoms with Crippen molar-refractivity contribution in [1.29, 1.82) is 0 Å². The van der Waals surface area contributed by atoms with Crippen LogP contribution in [0.15, 0.2) is 42.5 Å². The monoisotopic (exact) mass is 327 g/mol. The quantitative estimate of drug-likeness (QED) is 0.608. The molecule has 0 spiro atoms. The summed E-state index contributed by atoms with van der Waals surface area (Å²) in [6.07, 6.45) is 0.144. The van der Waals surface area contributed by atoms with Gasteiger partial charge >= 0.3 is 0 Å². The summed E-state index contributed by atoms with van der Waals surface area (Å²) in [4.78, 5) is 12.4. The topological polar surface area (TPSA) is 26.3 Å². The van der Waals surface area contributed by atoms with Crippen molar-refractivity contribution < 1.29 is 9.53 Å². The fourth-order valence-corrected chi connectivity index (χ4v) is 3.44. The van der Waals surface area contributed by atoms with E-state index in [9.17, 15) is 4.79 Å². The Morgan fingerprint density at radius 3 is 2.32 bits per heavy atom. The van der Waals surface area contributed by atoms with E-state index in [0.717, 1.165) is 16.6 Å². The van der Waals surface area contributed by atoms with Crippen LogP contribution in [0, 0.1) is 6.92 Å². The first-order valence-corrected chi connectivity index (χ1v) is 8.18. The van der Waals surface area contributed by atoms with E-state index in [-0.39, 0.29) is 39.1 Å². The number of aryl methyl sites for hydroxylation is 1.